The van der Waals surface area contributed by atoms with Gasteiger partial charge in [0.15, 0.2) is 5.69 Å². The lowest BCUT2D eigenvalue weighted by molar-refractivity contribution is -0.122. The first-order chi connectivity index (χ1) is 12.1. The van der Waals surface area contributed by atoms with Crippen LogP contribution in [0.25, 0.3) is 10.9 Å². The van der Waals surface area contributed by atoms with E-state index in [9.17, 15) is 9.59 Å². The second kappa shape index (κ2) is 8.03. The van der Waals surface area contributed by atoms with Crippen LogP contribution in [0.3, 0.4) is 0 Å². The number of amides is 2. The van der Waals surface area contributed by atoms with E-state index in [4.69, 9.17) is 5.73 Å². The number of fused-ring (bicyclic) bond motifs is 1. The normalized spacial score (nSPS) is 12.8. The second-order valence-electron chi connectivity index (χ2n) is 7.34. The van der Waals surface area contributed by atoms with Crippen LogP contribution >= 0.6 is 15.9 Å². The molecule has 2 amide bonds. The van der Waals surface area contributed by atoms with Crippen molar-refractivity contribution in [1.82, 2.24) is 15.1 Å². The first kappa shape index (κ1) is 20.2. The highest BCUT2D eigenvalue weighted by atomic mass is 79.9. The van der Waals surface area contributed by atoms with Crippen molar-refractivity contribution in [3.8, 4) is 0 Å². The molecule has 0 aliphatic rings. The van der Waals surface area contributed by atoms with Crippen molar-refractivity contribution in [2.45, 2.75) is 46.2 Å². The van der Waals surface area contributed by atoms with Gasteiger partial charge < -0.3 is 11.1 Å². The number of unbranched alkanes of at least 4 members (excludes halogenated alkanes) is 1. The zero-order valence-corrected chi connectivity index (χ0v) is 17.0. The quantitative estimate of drug-likeness (QED) is 0.531. The molecule has 0 spiro atoms. The second-order valence-corrected chi connectivity index (χ2v) is 8.25. The van der Waals surface area contributed by atoms with Crippen LogP contribution in [0.15, 0.2) is 35.3 Å². The van der Waals surface area contributed by atoms with Crippen molar-refractivity contribution < 1.29 is 9.59 Å². The van der Waals surface area contributed by atoms with Crippen LogP contribution in [0.5, 0.6) is 0 Å². The smallest absolute Gasteiger partial charge is 0.273 e. The fourth-order valence-corrected chi connectivity index (χ4v) is 3.15. The first-order valence-electron chi connectivity index (χ1n) is 8.52. The molecular formula is C19H25BrN4O2. The molecule has 26 heavy (non-hydrogen) atoms. The van der Waals surface area contributed by atoms with Crippen LogP contribution in [0.2, 0.25) is 0 Å². The zero-order chi connectivity index (χ0) is 19.5. The summed E-state index contributed by atoms with van der Waals surface area (Å²) in [6, 6.07) is 4.91. The number of hydrogen-bond donors (Lipinski definition) is 2. The monoisotopic (exact) mass is 420 g/mol. The van der Waals surface area contributed by atoms with Crippen LogP contribution in [0, 0.1) is 5.41 Å². The number of primary amides is 1. The molecule has 0 radical (unpaired) electrons. The topological polar surface area (TPSA) is 90.0 Å². The lowest BCUT2D eigenvalue weighted by Crippen LogP contribution is -2.52. The predicted octanol–water partition coefficient (Wildman–Crippen LogP) is 3.39. The summed E-state index contributed by atoms with van der Waals surface area (Å²) in [4.78, 5) is 24.6. The van der Waals surface area contributed by atoms with E-state index in [-0.39, 0.29) is 5.69 Å². The Bertz CT molecular complexity index is 836. The number of carbonyl (C=O) groups excluding carboxylic acids is 2. The lowest BCUT2D eigenvalue weighted by atomic mass is 9.86. The number of halogens is 1. The molecule has 1 heterocycles. The summed E-state index contributed by atoms with van der Waals surface area (Å²) in [5.74, 6) is -0.976. The molecule has 0 aliphatic heterocycles. The van der Waals surface area contributed by atoms with Gasteiger partial charge in [-0.3, -0.25) is 14.3 Å². The van der Waals surface area contributed by atoms with E-state index in [1.54, 1.807) is 0 Å². The van der Waals surface area contributed by atoms with E-state index in [0.29, 0.717) is 6.54 Å². The number of benzene rings is 1. The molecule has 1 atom stereocenters. The molecular weight excluding hydrogens is 396 g/mol. The molecule has 0 fully saturated rings. The average Bonchev–Trinajstić information content (AvgIpc) is 2.89. The highest BCUT2D eigenvalue weighted by molar-refractivity contribution is 9.10. The summed E-state index contributed by atoms with van der Waals surface area (Å²) in [6.45, 7) is 9.96. The minimum absolute atomic E-state index is 0.287. The summed E-state index contributed by atoms with van der Waals surface area (Å²) in [5, 5.41) is 7.97. The average molecular weight is 421 g/mol. The van der Waals surface area contributed by atoms with Crippen LogP contribution in [0.1, 0.15) is 44.1 Å². The summed E-state index contributed by atoms with van der Waals surface area (Å²) < 4.78 is 2.67. The van der Waals surface area contributed by atoms with Gasteiger partial charge in [0, 0.05) is 16.4 Å². The third kappa shape index (κ3) is 4.52. The van der Waals surface area contributed by atoms with Gasteiger partial charge in [0.05, 0.1) is 5.52 Å². The predicted molar refractivity (Wildman–Crippen MR) is 107 cm³/mol. The van der Waals surface area contributed by atoms with Gasteiger partial charge in [-0.15, -0.1) is 6.58 Å². The van der Waals surface area contributed by atoms with Gasteiger partial charge in [0.1, 0.15) is 6.04 Å². The minimum Gasteiger partial charge on any atom is -0.368 e. The van der Waals surface area contributed by atoms with E-state index in [2.05, 4.69) is 32.9 Å². The van der Waals surface area contributed by atoms with Crippen molar-refractivity contribution in [3.63, 3.8) is 0 Å². The van der Waals surface area contributed by atoms with Crippen molar-refractivity contribution in [2.24, 2.45) is 11.1 Å². The Morgan fingerprint density at radius 3 is 2.69 bits per heavy atom. The van der Waals surface area contributed by atoms with E-state index < -0.39 is 23.3 Å². The van der Waals surface area contributed by atoms with E-state index in [0.717, 1.165) is 28.2 Å². The molecule has 1 aromatic carbocycles. The number of aryl methyl sites for hydroxylation is 1. The Hall–Kier alpha value is -2.15. The maximum absolute atomic E-state index is 12.8. The van der Waals surface area contributed by atoms with Gasteiger partial charge in [0.25, 0.3) is 5.91 Å². The third-order valence-electron chi connectivity index (χ3n) is 4.13. The number of rotatable bonds is 7. The Morgan fingerprint density at radius 1 is 1.42 bits per heavy atom. The van der Waals surface area contributed by atoms with E-state index in [1.807, 2.05) is 49.7 Å². The Morgan fingerprint density at radius 2 is 2.12 bits per heavy atom. The third-order valence-corrected chi connectivity index (χ3v) is 4.62. The van der Waals surface area contributed by atoms with Gasteiger partial charge in [-0.25, -0.2) is 0 Å². The molecule has 2 rings (SSSR count). The van der Waals surface area contributed by atoms with E-state index >= 15 is 0 Å². The molecule has 0 aliphatic carbocycles. The minimum atomic E-state index is -0.789. The highest BCUT2D eigenvalue weighted by Gasteiger charge is 2.32. The van der Waals surface area contributed by atoms with Gasteiger partial charge in [-0.1, -0.05) is 42.8 Å². The molecule has 140 valence electrons. The molecule has 0 saturated heterocycles. The fourth-order valence-electron chi connectivity index (χ4n) is 2.79. The molecule has 0 bridgehead atoms. The van der Waals surface area contributed by atoms with Gasteiger partial charge in [0.2, 0.25) is 5.91 Å². The lowest BCUT2D eigenvalue weighted by Gasteiger charge is -2.28. The molecule has 7 heteroatoms. The summed E-state index contributed by atoms with van der Waals surface area (Å²) in [5.41, 5.74) is 6.14. The largest absolute Gasteiger partial charge is 0.368 e. The van der Waals surface area contributed by atoms with Crippen molar-refractivity contribution >= 4 is 38.6 Å². The first-order valence-corrected chi connectivity index (χ1v) is 9.31. The number of allylic oxidation sites excluding steroid dienone is 1. The van der Waals surface area contributed by atoms with Crippen LogP contribution < -0.4 is 11.1 Å². The van der Waals surface area contributed by atoms with Crippen LogP contribution in [0.4, 0.5) is 0 Å². The number of nitrogens with two attached hydrogens (primary N) is 1. The van der Waals surface area contributed by atoms with Crippen molar-refractivity contribution in [1.29, 1.82) is 0 Å². The van der Waals surface area contributed by atoms with Gasteiger partial charge >= 0.3 is 0 Å². The molecule has 1 unspecified atom stereocenters. The maximum Gasteiger partial charge on any atom is 0.273 e. The Kier molecular flexibility index (Phi) is 6.23. The molecule has 3 N–H and O–H groups in total. The number of nitrogens with one attached hydrogen (secondary N) is 1. The summed E-state index contributed by atoms with van der Waals surface area (Å²) >= 11 is 3.44. The maximum atomic E-state index is 12.8. The van der Waals surface area contributed by atoms with Gasteiger partial charge in [-0.05, 0) is 36.5 Å². The fraction of sp³-hybridized carbons (Fsp3) is 0.421. The molecule has 0 saturated carbocycles. The Labute approximate surface area is 161 Å². The van der Waals surface area contributed by atoms with Crippen LogP contribution in [-0.4, -0.2) is 27.6 Å². The van der Waals surface area contributed by atoms with Gasteiger partial charge in [-0.2, -0.15) is 5.10 Å². The van der Waals surface area contributed by atoms with Crippen LogP contribution in [-0.2, 0) is 11.3 Å². The number of hydrogen-bond acceptors (Lipinski definition) is 3. The standard InChI is InChI=1S/C19H25BrN4O2/c1-5-6-7-10-24-14-9-8-12(20)11-13(14)15(23-24)18(26)22-16(17(21)25)19(2,3)4/h5,8-9,11,16H,1,6-7,10H2,2-4H3,(H2,21,25)(H,22,26). The zero-order valence-electron chi connectivity index (χ0n) is 15.4. The highest BCUT2D eigenvalue weighted by Crippen LogP contribution is 2.25. The molecule has 1 aromatic heterocycles. The van der Waals surface area contributed by atoms with Crippen molar-refractivity contribution in [3.05, 3.63) is 41.0 Å². The molecule has 2 aromatic rings. The summed E-state index contributed by atoms with van der Waals surface area (Å²) in [7, 11) is 0. The number of aromatic nitrogens is 2. The SMILES string of the molecule is C=CCCCn1nc(C(=O)NC(C(N)=O)C(C)(C)C)c2cc(Br)ccc21. The van der Waals surface area contributed by atoms with Crippen molar-refractivity contribution in [2.75, 3.05) is 0 Å². The summed E-state index contributed by atoms with van der Waals surface area (Å²) in [6.07, 6.45) is 3.60. The molecule has 6 nitrogen and oxygen atoms in total. The number of carbonyl (C=O) groups is 2. The Balaban J connectivity index is 2.41. The number of nitrogens with zero attached hydrogens (tertiary/aromatic N) is 2. The van der Waals surface area contributed by atoms with E-state index in [1.165, 1.54) is 0 Å².